The van der Waals surface area contributed by atoms with E-state index in [-0.39, 0.29) is 12.4 Å². The van der Waals surface area contributed by atoms with E-state index < -0.39 is 0 Å². The van der Waals surface area contributed by atoms with Crippen LogP contribution in [0.15, 0.2) is 35.7 Å². The van der Waals surface area contributed by atoms with Crippen molar-refractivity contribution in [1.29, 1.82) is 0 Å². The molecule has 1 aromatic carbocycles. The van der Waals surface area contributed by atoms with Crippen molar-refractivity contribution in [3.05, 3.63) is 52.0 Å². The zero-order chi connectivity index (χ0) is 11.4. The third kappa shape index (κ3) is 2.40. The number of thiophene rings is 1. The second-order valence-corrected chi connectivity index (χ2v) is 4.32. The maximum atomic E-state index is 13.4. The summed E-state index contributed by atoms with van der Waals surface area (Å²) in [5, 5.41) is 1.98. The van der Waals surface area contributed by atoms with Crippen LogP contribution in [0.1, 0.15) is 10.4 Å². The highest BCUT2D eigenvalue weighted by Crippen LogP contribution is 2.22. The van der Waals surface area contributed by atoms with Crippen LogP contribution in [0.3, 0.4) is 0 Å². The molecule has 84 valence electrons. The predicted molar refractivity (Wildman–Crippen MR) is 62.9 cm³/mol. The number of rotatable bonds is 4. The Balaban J connectivity index is 2.12. The summed E-state index contributed by atoms with van der Waals surface area (Å²) in [7, 11) is 0. The van der Waals surface area contributed by atoms with E-state index in [1.165, 1.54) is 6.07 Å². The summed E-state index contributed by atoms with van der Waals surface area (Å²) in [6.07, 6.45) is 0. The topological polar surface area (TPSA) is 35.2 Å². The van der Waals surface area contributed by atoms with Crippen LogP contribution in [0.5, 0.6) is 5.75 Å². The highest BCUT2D eigenvalue weighted by molar-refractivity contribution is 7.09. The molecule has 2 rings (SSSR count). The van der Waals surface area contributed by atoms with Crippen molar-refractivity contribution >= 4 is 11.3 Å². The lowest BCUT2D eigenvalue weighted by Crippen LogP contribution is -2.04. The third-order valence-corrected chi connectivity index (χ3v) is 3.08. The molecule has 0 fully saturated rings. The van der Waals surface area contributed by atoms with Crippen LogP contribution in [-0.2, 0) is 13.2 Å². The number of nitrogens with two attached hydrogens (primary N) is 1. The van der Waals surface area contributed by atoms with Crippen LogP contribution in [0.25, 0.3) is 0 Å². The maximum absolute atomic E-state index is 13.4. The molecule has 0 bridgehead atoms. The Labute approximate surface area is 97.5 Å². The largest absolute Gasteiger partial charge is 0.488 e. The van der Waals surface area contributed by atoms with Crippen molar-refractivity contribution in [3.63, 3.8) is 0 Å². The van der Waals surface area contributed by atoms with E-state index in [4.69, 9.17) is 10.5 Å². The lowest BCUT2D eigenvalue weighted by Gasteiger charge is -2.09. The smallest absolute Gasteiger partial charge is 0.131 e. The van der Waals surface area contributed by atoms with Crippen LogP contribution in [0, 0.1) is 5.82 Å². The molecule has 1 aromatic heterocycles. The van der Waals surface area contributed by atoms with Crippen molar-refractivity contribution in [3.8, 4) is 5.75 Å². The summed E-state index contributed by atoms with van der Waals surface area (Å²) in [5.74, 6) is 0.210. The van der Waals surface area contributed by atoms with E-state index in [0.29, 0.717) is 17.9 Å². The highest BCUT2D eigenvalue weighted by Gasteiger charge is 2.07. The Kier molecular flexibility index (Phi) is 3.54. The Morgan fingerprint density at radius 2 is 2.12 bits per heavy atom. The Hall–Kier alpha value is -1.39. The summed E-state index contributed by atoms with van der Waals surface area (Å²) in [5.41, 5.74) is 5.91. The molecule has 4 heteroatoms. The van der Waals surface area contributed by atoms with Crippen LogP contribution in [0.2, 0.25) is 0 Å². The van der Waals surface area contributed by atoms with Gasteiger partial charge in [0.15, 0.2) is 0 Å². The maximum Gasteiger partial charge on any atom is 0.131 e. The molecule has 16 heavy (non-hydrogen) atoms. The number of benzene rings is 1. The van der Waals surface area contributed by atoms with Crippen LogP contribution >= 0.6 is 11.3 Å². The van der Waals surface area contributed by atoms with Gasteiger partial charge in [0, 0.05) is 17.0 Å². The number of ether oxygens (including phenoxy) is 1. The van der Waals surface area contributed by atoms with Crippen molar-refractivity contribution in [2.24, 2.45) is 5.73 Å². The Bertz CT molecular complexity index is 456. The average Bonchev–Trinajstić information content (AvgIpc) is 2.79. The van der Waals surface area contributed by atoms with E-state index in [2.05, 4.69) is 0 Å². The molecule has 0 unspecified atom stereocenters. The Morgan fingerprint density at radius 1 is 1.25 bits per heavy atom. The quantitative estimate of drug-likeness (QED) is 0.887. The zero-order valence-corrected chi connectivity index (χ0v) is 9.47. The molecular formula is C12H12FNOS. The lowest BCUT2D eigenvalue weighted by molar-refractivity contribution is 0.304. The number of halogens is 1. The summed E-state index contributed by atoms with van der Waals surface area (Å²) >= 11 is 1.61. The number of hydrogen-bond acceptors (Lipinski definition) is 3. The van der Waals surface area contributed by atoms with Gasteiger partial charge in [-0.3, -0.25) is 0 Å². The second-order valence-electron chi connectivity index (χ2n) is 3.29. The summed E-state index contributed by atoms with van der Waals surface area (Å²) in [6.45, 7) is 0.598. The first-order valence-corrected chi connectivity index (χ1v) is 5.82. The van der Waals surface area contributed by atoms with E-state index in [0.717, 1.165) is 4.88 Å². The standard InChI is InChI=1S/C12H12FNOS/c13-11-4-1-5-12(10(11)7-14)15-8-9-3-2-6-16-9/h1-6H,7-8,14H2. The van der Waals surface area contributed by atoms with E-state index in [9.17, 15) is 4.39 Å². The molecule has 0 saturated carbocycles. The first kappa shape index (κ1) is 11.1. The monoisotopic (exact) mass is 237 g/mol. The molecule has 2 N–H and O–H groups in total. The Morgan fingerprint density at radius 3 is 2.81 bits per heavy atom. The normalized spacial score (nSPS) is 10.4. The molecule has 0 amide bonds. The van der Waals surface area contributed by atoms with E-state index in [1.54, 1.807) is 23.5 Å². The van der Waals surface area contributed by atoms with E-state index in [1.807, 2.05) is 17.5 Å². The highest BCUT2D eigenvalue weighted by atomic mass is 32.1. The van der Waals surface area contributed by atoms with Crippen LogP contribution in [0.4, 0.5) is 4.39 Å². The van der Waals surface area contributed by atoms with Gasteiger partial charge in [-0.15, -0.1) is 11.3 Å². The van der Waals surface area contributed by atoms with Gasteiger partial charge in [-0.1, -0.05) is 12.1 Å². The fourth-order valence-corrected chi connectivity index (χ4v) is 2.03. The fraction of sp³-hybridized carbons (Fsp3) is 0.167. The summed E-state index contributed by atoms with van der Waals surface area (Å²) < 4.78 is 18.9. The van der Waals surface area contributed by atoms with Gasteiger partial charge < -0.3 is 10.5 Å². The van der Waals surface area contributed by atoms with Gasteiger partial charge in [-0.2, -0.15) is 0 Å². The summed E-state index contributed by atoms with van der Waals surface area (Å²) in [4.78, 5) is 1.10. The lowest BCUT2D eigenvalue weighted by atomic mass is 10.2. The molecule has 0 atom stereocenters. The average molecular weight is 237 g/mol. The molecule has 0 aliphatic carbocycles. The van der Waals surface area contributed by atoms with Crippen molar-refractivity contribution in [1.82, 2.24) is 0 Å². The van der Waals surface area contributed by atoms with E-state index >= 15 is 0 Å². The van der Waals surface area contributed by atoms with Crippen LogP contribution in [-0.4, -0.2) is 0 Å². The predicted octanol–water partition coefficient (Wildman–Crippen LogP) is 2.92. The molecule has 0 saturated heterocycles. The molecule has 0 spiro atoms. The minimum absolute atomic E-state index is 0.145. The van der Waals surface area contributed by atoms with Gasteiger partial charge in [0.25, 0.3) is 0 Å². The first-order chi connectivity index (χ1) is 7.81. The molecule has 0 aliphatic heterocycles. The minimum atomic E-state index is -0.314. The number of hydrogen-bond donors (Lipinski definition) is 1. The van der Waals surface area contributed by atoms with Gasteiger partial charge >= 0.3 is 0 Å². The minimum Gasteiger partial charge on any atom is -0.488 e. The zero-order valence-electron chi connectivity index (χ0n) is 8.65. The molecule has 0 aliphatic rings. The second kappa shape index (κ2) is 5.09. The van der Waals surface area contributed by atoms with Crippen molar-refractivity contribution in [2.75, 3.05) is 0 Å². The fourth-order valence-electron chi connectivity index (χ4n) is 1.42. The van der Waals surface area contributed by atoms with Gasteiger partial charge in [0.05, 0.1) is 0 Å². The van der Waals surface area contributed by atoms with Crippen molar-refractivity contribution in [2.45, 2.75) is 13.2 Å². The van der Waals surface area contributed by atoms with Gasteiger partial charge in [-0.25, -0.2) is 4.39 Å². The summed E-state index contributed by atoms with van der Waals surface area (Å²) in [6, 6.07) is 8.68. The third-order valence-electron chi connectivity index (χ3n) is 2.23. The van der Waals surface area contributed by atoms with Crippen LogP contribution < -0.4 is 10.5 Å². The van der Waals surface area contributed by atoms with Gasteiger partial charge in [0.2, 0.25) is 0 Å². The first-order valence-electron chi connectivity index (χ1n) is 4.94. The van der Waals surface area contributed by atoms with Crippen molar-refractivity contribution < 1.29 is 9.13 Å². The molecular weight excluding hydrogens is 225 g/mol. The van der Waals surface area contributed by atoms with Gasteiger partial charge in [-0.05, 0) is 23.6 Å². The SMILES string of the molecule is NCc1c(F)cccc1OCc1cccs1. The molecule has 0 radical (unpaired) electrons. The molecule has 2 nitrogen and oxygen atoms in total. The molecule has 1 heterocycles. The van der Waals surface area contributed by atoms with Gasteiger partial charge in [0.1, 0.15) is 18.2 Å². The molecule has 2 aromatic rings.